The maximum atomic E-state index is 5.38. The Hall–Kier alpha value is -1.27. The molecule has 2 atom stereocenters. The quantitative estimate of drug-likeness (QED) is 0.850. The highest BCUT2D eigenvalue weighted by Crippen LogP contribution is 2.18. The minimum Gasteiger partial charge on any atom is -0.339 e. The van der Waals surface area contributed by atoms with Gasteiger partial charge in [0.15, 0.2) is 5.82 Å². The van der Waals surface area contributed by atoms with Crippen molar-refractivity contribution < 1.29 is 4.52 Å². The van der Waals surface area contributed by atoms with E-state index < -0.39 is 0 Å². The molecule has 0 radical (unpaired) electrons. The summed E-state index contributed by atoms with van der Waals surface area (Å²) in [4.78, 5) is 8.91. The fourth-order valence-corrected chi connectivity index (χ4v) is 2.55. The third-order valence-corrected chi connectivity index (χ3v) is 4.17. The molecule has 0 amide bonds. The molecule has 0 spiro atoms. The molecule has 2 aromatic rings. The predicted octanol–water partition coefficient (Wildman–Crippen LogP) is 2.92. The van der Waals surface area contributed by atoms with Gasteiger partial charge in [-0.15, -0.1) is 11.3 Å². The summed E-state index contributed by atoms with van der Waals surface area (Å²) in [6, 6.07) is 0.324. The summed E-state index contributed by atoms with van der Waals surface area (Å²) in [7, 11) is 0. The highest BCUT2D eigenvalue weighted by molar-refractivity contribution is 7.09. The summed E-state index contributed by atoms with van der Waals surface area (Å²) < 4.78 is 5.38. The van der Waals surface area contributed by atoms with Gasteiger partial charge in [-0.2, -0.15) is 4.98 Å². The summed E-state index contributed by atoms with van der Waals surface area (Å²) in [6.07, 6.45) is 1.76. The van der Waals surface area contributed by atoms with E-state index in [4.69, 9.17) is 4.52 Å². The fourth-order valence-electron chi connectivity index (χ4n) is 1.94. The first-order valence-electron chi connectivity index (χ1n) is 7.07. The molecule has 5 nitrogen and oxygen atoms in total. The Labute approximate surface area is 123 Å². The van der Waals surface area contributed by atoms with E-state index in [0.717, 1.165) is 23.7 Å². The average Bonchev–Trinajstić information content (AvgIpc) is 3.05. The van der Waals surface area contributed by atoms with Crippen LogP contribution in [-0.4, -0.2) is 27.7 Å². The maximum absolute atomic E-state index is 5.38. The Kier molecular flexibility index (Phi) is 5.25. The van der Waals surface area contributed by atoms with Gasteiger partial charge in [-0.05, 0) is 26.8 Å². The molecule has 0 aromatic carbocycles. The third kappa shape index (κ3) is 3.86. The summed E-state index contributed by atoms with van der Waals surface area (Å²) in [6.45, 7) is 9.42. The molecule has 2 unspecified atom stereocenters. The Morgan fingerprint density at radius 3 is 2.80 bits per heavy atom. The molecule has 0 fully saturated rings. The van der Waals surface area contributed by atoms with E-state index in [1.807, 2.05) is 12.3 Å². The molecular formula is C14H22N4OS. The number of nitrogens with one attached hydrogen (secondary N) is 1. The lowest BCUT2D eigenvalue weighted by atomic mass is 10.0. The molecule has 2 rings (SSSR count). The second-order valence-corrected chi connectivity index (χ2v) is 6.18. The number of nitrogens with zero attached hydrogens (tertiary/aromatic N) is 3. The van der Waals surface area contributed by atoms with Crippen molar-refractivity contribution in [3.8, 4) is 0 Å². The monoisotopic (exact) mass is 294 g/mol. The summed E-state index contributed by atoms with van der Waals surface area (Å²) in [5.74, 6) is 1.61. The van der Waals surface area contributed by atoms with Crippen LogP contribution in [0.5, 0.6) is 0 Å². The molecule has 0 saturated carbocycles. The molecule has 20 heavy (non-hydrogen) atoms. The second-order valence-electron chi connectivity index (χ2n) is 5.11. The van der Waals surface area contributed by atoms with Crippen molar-refractivity contribution in [2.24, 2.45) is 0 Å². The maximum Gasteiger partial charge on any atom is 0.231 e. The second kappa shape index (κ2) is 6.95. The van der Waals surface area contributed by atoms with Crippen LogP contribution in [0.25, 0.3) is 0 Å². The van der Waals surface area contributed by atoms with E-state index in [-0.39, 0.29) is 5.92 Å². The molecule has 6 heteroatoms. The van der Waals surface area contributed by atoms with Crippen molar-refractivity contribution in [3.63, 3.8) is 0 Å². The Morgan fingerprint density at radius 1 is 1.35 bits per heavy atom. The van der Waals surface area contributed by atoms with Crippen LogP contribution in [0.1, 0.15) is 55.5 Å². The molecule has 0 aliphatic rings. The highest BCUT2D eigenvalue weighted by atomic mass is 32.1. The standard InChI is InChI=1S/C14H22N4OS/c1-5-6-15-10(3)9(2)14-17-13(18-19-14)7-12-8-20-11(4)16-12/h8-10,15H,5-7H2,1-4H3. The number of rotatable bonds is 7. The van der Waals surface area contributed by atoms with E-state index in [1.54, 1.807) is 11.3 Å². The van der Waals surface area contributed by atoms with Crippen LogP contribution in [0, 0.1) is 6.92 Å². The van der Waals surface area contributed by atoms with Crippen LogP contribution >= 0.6 is 11.3 Å². The first-order chi connectivity index (χ1) is 9.60. The zero-order chi connectivity index (χ0) is 14.5. The van der Waals surface area contributed by atoms with E-state index in [1.165, 1.54) is 0 Å². The summed E-state index contributed by atoms with van der Waals surface area (Å²) in [5, 5.41) is 10.6. The lowest BCUT2D eigenvalue weighted by molar-refractivity contribution is 0.328. The molecule has 110 valence electrons. The molecule has 0 aliphatic carbocycles. The van der Waals surface area contributed by atoms with Crippen molar-refractivity contribution in [3.05, 3.63) is 27.8 Å². The number of aromatic nitrogens is 3. The van der Waals surface area contributed by atoms with Crippen LogP contribution in [0.15, 0.2) is 9.90 Å². The molecule has 0 aliphatic heterocycles. The Balaban J connectivity index is 1.97. The lowest BCUT2D eigenvalue weighted by Gasteiger charge is -2.17. The molecule has 1 N–H and O–H groups in total. The summed E-state index contributed by atoms with van der Waals surface area (Å²) >= 11 is 1.64. The number of hydrogen-bond acceptors (Lipinski definition) is 6. The van der Waals surface area contributed by atoms with Gasteiger partial charge in [-0.25, -0.2) is 4.98 Å². The topological polar surface area (TPSA) is 63.8 Å². The third-order valence-electron chi connectivity index (χ3n) is 3.35. The first kappa shape index (κ1) is 15.1. The predicted molar refractivity (Wildman–Crippen MR) is 80.1 cm³/mol. The highest BCUT2D eigenvalue weighted by Gasteiger charge is 2.20. The van der Waals surface area contributed by atoms with E-state index in [2.05, 4.69) is 41.2 Å². The van der Waals surface area contributed by atoms with Gasteiger partial charge in [0.1, 0.15) is 0 Å². The zero-order valence-corrected chi connectivity index (χ0v) is 13.3. The van der Waals surface area contributed by atoms with Crippen molar-refractivity contribution in [1.82, 2.24) is 20.4 Å². The lowest BCUT2D eigenvalue weighted by Crippen LogP contribution is -2.31. The molecule has 2 heterocycles. The smallest absolute Gasteiger partial charge is 0.231 e. The van der Waals surface area contributed by atoms with Crippen molar-refractivity contribution in [2.75, 3.05) is 6.54 Å². The van der Waals surface area contributed by atoms with Gasteiger partial charge in [-0.3, -0.25) is 0 Å². The zero-order valence-electron chi connectivity index (χ0n) is 12.5. The largest absolute Gasteiger partial charge is 0.339 e. The minimum absolute atomic E-state index is 0.208. The van der Waals surface area contributed by atoms with Gasteiger partial charge >= 0.3 is 0 Å². The average molecular weight is 294 g/mol. The normalized spacial score (nSPS) is 14.4. The Morgan fingerprint density at radius 2 is 2.15 bits per heavy atom. The molecular weight excluding hydrogens is 272 g/mol. The van der Waals surface area contributed by atoms with Crippen LogP contribution < -0.4 is 5.32 Å². The molecule has 2 aromatic heterocycles. The minimum atomic E-state index is 0.208. The van der Waals surface area contributed by atoms with Crippen LogP contribution in [-0.2, 0) is 6.42 Å². The van der Waals surface area contributed by atoms with Crippen molar-refractivity contribution in [2.45, 2.75) is 52.5 Å². The Bertz CT molecular complexity index is 537. The van der Waals surface area contributed by atoms with E-state index >= 15 is 0 Å². The van der Waals surface area contributed by atoms with Crippen molar-refractivity contribution >= 4 is 11.3 Å². The van der Waals surface area contributed by atoms with Gasteiger partial charge in [-0.1, -0.05) is 19.0 Å². The van der Waals surface area contributed by atoms with Gasteiger partial charge in [0, 0.05) is 11.4 Å². The van der Waals surface area contributed by atoms with Crippen molar-refractivity contribution in [1.29, 1.82) is 0 Å². The first-order valence-corrected chi connectivity index (χ1v) is 7.95. The number of aryl methyl sites for hydroxylation is 1. The van der Waals surface area contributed by atoms with Crippen LogP contribution in [0.3, 0.4) is 0 Å². The summed E-state index contributed by atoms with van der Waals surface area (Å²) in [5.41, 5.74) is 1.00. The number of thiazole rings is 1. The SMILES string of the molecule is CCCNC(C)C(C)c1nc(Cc2csc(C)n2)no1. The van der Waals surface area contributed by atoms with Gasteiger partial charge in [0.05, 0.1) is 23.0 Å². The van der Waals surface area contributed by atoms with E-state index in [9.17, 15) is 0 Å². The van der Waals surface area contributed by atoms with Gasteiger partial charge < -0.3 is 9.84 Å². The van der Waals surface area contributed by atoms with Gasteiger partial charge in [0.2, 0.25) is 5.89 Å². The van der Waals surface area contributed by atoms with Crippen LogP contribution in [0.4, 0.5) is 0 Å². The van der Waals surface area contributed by atoms with Crippen LogP contribution in [0.2, 0.25) is 0 Å². The van der Waals surface area contributed by atoms with E-state index in [0.29, 0.717) is 24.2 Å². The molecule has 0 saturated heterocycles. The number of hydrogen-bond donors (Lipinski definition) is 1. The fraction of sp³-hybridized carbons (Fsp3) is 0.643. The molecule has 0 bridgehead atoms. The van der Waals surface area contributed by atoms with Gasteiger partial charge in [0.25, 0.3) is 0 Å².